The number of carbonyl (C=O) groups excluding carboxylic acids is 1. The molecule has 2 aliphatic heterocycles. The molecule has 5 heteroatoms. The lowest BCUT2D eigenvalue weighted by Crippen LogP contribution is -2.56. The third-order valence-electron chi connectivity index (χ3n) is 4.92. The number of likely N-dealkylation sites (tertiary alicyclic amines) is 1. The standard InChI is InChI=1S/C19H25N3O2/c1-19(14-23)18(20-9-10-21-19)22-11-8-16(13-22)7-6-15-4-3-5-17(12-15)24-2/h3-5,9-10,12,14,16,21H,6-8,11,13H2,1-2H3. The third kappa shape index (κ3) is 3.45. The molecule has 0 aromatic heterocycles. The fourth-order valence-electron chi connectivity index (χ4n) is 3.47. The van der Waals surface area contributed by atoms with Crippen LogP contribution in [0.1, 0.15) is 25.3 Å². The van der Waals surface area contributed by atoms with Gasteiger partial charge in [-0.1, -0.05) is 12.1 Å². The molecule has 24 heavy (non-hydrogen) atoms. The number of methoxy groups -OCH3 is 1. The van der Waals surface area contributed by atoms with Crippen molar-refractivity contribution >= 4 is 12.1 Å². The molecule has 1 saturated heterocycles. The number of hydrogen-bond acceptors (Lipinski definition) is 5. The predicted molar refractivity (Wildman–Crippen MR) is 95.2 cm³/mol. The van der Waals surface area contributed by atoms with Gasteiger partial charge < -0.3 is 19.7 Å². The Morgan fingerprint density at radius 3 is 3.17 bits per heavy atom. The minimum Gasteiger partial charge on any atom is -0.497 e. The van der Waals surface area contributed by atoms with Crippen molar-refractivity contribution in [1.82, 2.24) is 10.2 Å². The fourth-order valence-corrected chi connectivity index (χ4v) is 3.47. The van der Waals surface area contributed by atoms with E-state index >= 15 is 0 Å². The van der Waals surface area contributed by atoms with Gasteiger partial charge in [0.2, 0.25) is 0 Å². The average molecular weight is 327 g/mol. The maximum absolute atomic E-state index is 11.5. The van der Waals surface area contributed by atoms with Crippen molar-refractivity contribution < 1.29 is 9.53 Å². The summed E-state index contributed by atoms with van der Waals surface area (Å²) >= 11 is 0. The molecule has 0 aliphatic carbocycles. The number of aryl methyl sites for hydroxylation is 1. The summed E-state index contributed by atoms with van der Waals surface area (Å²) in [6.07, 6.45) is 7.72. The maximum Gasteiger partial charge on any atom is 0.152 e. The van der Waals surface area contributed by atoms with E-state index in [1.54, 1.807) is 19.5 Å². The van der Waals surface area contributed by atoms with Gasteiger partial charge in [-0.3, -0.25) is 0 Å². The molecule has 2 atom stereocenters. The molecule has 5 nitrogen and oxygen atoms in total. The molecule has 0 saturated carbocycles. The zero-order valence-corrected chi connectivity index (χ0v) is 14.4. The molecule has 1 aromatic carbocycles. The Bertz CT molecular complexity index is 656. The Balaban J connectivity index is 1.58. The summed E-state index contributed by atoms with van der Waals surface area (Å²) in [4.78, 5) is 18.2. The molecule has 0 radical (unpaired) electrons. The Morgan fingerprint density at radius 1 is 1.50 bits per heavy atom. The van der Waals surface area contributed by atoms with Gasteiger partial charge >= 0.3 is 0 Å². The Hall–Kier alpha value is -2.30. The smallest absolute Gasteiger partial charge is 0.152 e. The first-order valence-electron chi connectivity index (χ1n) is 8.50. The minimum atomic E-state index is -0.712. The number of ether oxygens (including phenoxy) is 1. The van der Waals surface area contributed by atoms with Crippen molar-refractivity contribution in [3.8, 4) is 5.75 Å². The highest BCUT2D eigenvalue weighted by Gasteiger charge is 2.37. The number of aliphatic imine (C=N–C) groups is 1. The second kappa shape index (κ2) is 7.07. The second-order valence-corrected chi connectivity index (χ2v) is 6.72. The topological polar surface area (TPSA) is 53.9 Å². The molecule has 2 unspecified atom stereocenters. The maximum atomic E-state index is 11.5. The Morgan fingerprint density at radius 2 is 2.38 bits per heavy atom. The van der Waals surface area contributed by atoms with Crippen molar-refractivity contribution in [2.45, 2.75) is 31.7 Å². The first-order chi connectivity index (χ1) is 11.6. The molecule has 2 heterocycles. The first-order valence-corrected chi connectivity index (χ1v) is 8.50. The molecule has 0 spiro atoms. The highest BCUT2D eigenvalue weighted by molar-refractivity contribution is 6.05. The number of nitrogens with zero attached hydrogens (tertiary/aromatic N) is 2. The van der Waals surface area contributed by atoms with E-state index in [1.165, 1.54) is 5.56 Å². The summed E-state index contributed by atoms with van der Waals surface area (Å²) in [6.45, 7) is 3.80. The van der Waals surface area contributed by atoms with Gasteiger partial charge in [-0.2, -0.15) is 0 Å². The largest absolute Gasteiger partial charge is 0.497 e. The second-order valence-electron chi connectivity index (χ2n) is 6.72. The van der Waals surface area contributed by atoms with E-state index in [9.17, 15) is 4.79 Å². The van der Waals surface area contributed by atoms with Gasteiger partial charge in [0.05, 0.1) is 7.11 Å². The molecule has 0 bridgehead atoms. The van der Waals surface area contributed by atoms with Crippen LogP contribution >= 0.6 is 0 Å². The van der Waals surface area contributed by atoms with Gasteiger partial charge in [0.25, 0.3) is 0 Å². The normalized spacial score (nSPS) is 26.0. The van der Waals surface area contributed by atoms with Gasteiger partial charge in [-0.05, 0) is 49.8 Å². The molecule has 1 N–H and O–H groups in total. The zero-order valence-electron chi connectivity index (χ0n) is 14.4. The number of amidine groups is 1. The van der Waals surface area contributed by atoms with E-state index in [1.807, 2.05) is 19.1 Å². The Labute approximate surface area is 143 Å². The number of benzene rings is 1. The number of hydrogen-bond donors (Lipinski definition) is 1. The van der Waals surface area contributed by atoms with Gasteiger partial charge in [-0.25, -0.2) is 4.99 Å². The van der Waals surface area contributed by atoms with E-state index in [0.29, 0.717) is 5.92 Å². The van der Waals surface area contributed by atoms with E-state index in [4.69, 9.17) is 4.74 Å². The van der Waals surface area contributed by atoms with E-state index in [2.05, 4.69) is 27.3 Å². The van der Waals surface area contributed by atoms with Crippen molar-refractivity contribution in [1.29, 1.82) is 0 Å². The minimum absolute atomic E-state index is 0.626. The molecule has 1 aromatic rings. The molecule has 3 rings (SSSR count). The van der Waals surface area contributed by atoms with E-state index in [-0.39, 0.29) is 0 Å². The van der Waals surface area contributed by atoms with Crippen LogP contribution in [0.5, 0.6) is 5.75 Å². The van der Waals surface area contributed by atoms with Crippen LogP contribution in [0, 0.1) is 5.92 Å². The summed E-state index contributed by atoms with van der Waals surface area (Å²) in [7, 11) is 1.70. The summed E-state index contributed by atoms with van der Waals surface area (Å²) in [6, 6.07) is 8.27. The summed E-state index contributed by atoms with van der Waals surface area (Å²) in [5.41, 5.74) is 0.598. The monoisotopic (exact) mass is 327 g/mol. The van der Waals surface area contributed by atoms with Crippen molar-refractivity contribution in [2.24, 2.45) is 10.9 Å². The fraction of sp³-hybridized carbons (Fsp3) is 0.474. The van der Waals surface area contributed by atoms with Crippen molar-refractivity contribution in [2.75, 3.05) is 20.2 Å². The van der Waals surface area contributed by atoms with Crippen LogP contribution in [0.25, 0.3) is 0 Å². The van der Waals surface area contributed by atoms with Crippen LogP contribution in [0.15, 0.2) is 41.7 Å². The van der Waals surface area contributed by atoms with Gasteiger partial charge in [0.1, 0.15) is 17.1 Å². The SMILES string of the molecule is COc1cccc(CCC2CCN(C3=NC=CNC3(C)C=O)C2)c1. The van der Waals surface area contributed by atoms with Gasteiger partial charge in [0, 0.05) is 25.5 Å². The van der Waals surface area contributed by atoms with Crippen molar-refractivity contribution in [3.05, 3.63) is 42.2 Å². The average Bonchev–Trinajstić information content (AvgIpc) is 3.09. The first kappa shape index (κ1) is 16.6. The third-order valence-corrected chi connectivity index (χ3v) is 4.92. The highest BCUT2D eigenvalue weighted by Crippen LogP contribution is 2.26. The lowest BCUT2D eigenvalue weighted by atomic mass is 9.98. The molecule has 1 fully saturated rings. The van der Waals surface area contributed by atoms with Crippen molar-refractivity contribution in [3.63, 3.8) is 0 Å². The summed E-state index contributed by atoms with van der Waals surface area (Å²) in [5, 5.41) is 3.12. The van der Waals surface area contributed by atoms with Crippen LogP contribution in [-0.4, -0.2) is 42.8 Å². The molecule has 2 aliphatic rings. The quantitative estimate of drug-likeness (QED) is 0.844. The van der Waals surface area contributed by atoms with Crippen LogP contribution < -0.4 is 10.1 Å². The van der Waals surface area contributed by atoms with E-state index < -0.39 is 5.54 Å². The number of rotatable bonds is 5. The highest BCUT2D eigenvalue weighted by atomic mass is 16.5. The zero-order chi connectivity index (χ0) is 17.0. The van der Waals surface area contributed by atoms with Crippen LogP contribution in [0.4, 0.5) is 0 Å². The van der Waals surface area contributed by atoms with Crippen LogP contribution in [0.3, 0.4) is 0 Å². The predicted octanol–water partition coefficient (Wildman–Crippen LogP) is 2.38. The molecule has 0 amide bonds. The molecular formula is C19H25N3O2. The number of aldehydes is 1. The van der Waals surface area contributed by atoms with Gasteiger partial charge in [-0.15, -0.1) is 0 Å². The molecular weight excluding hydrogens is 302 g/mol. The summed E-state index contributed by atoms with van der Waals surface area (Å²) < 4.78 is 5.29. The van der Waals surface area contributed by atoms with Crippen LogP contribution in [-0.2, 0) is 11.2 Å². The number of nitrogens with one attached hydrogen (secondary N) is 1. The lowest BCUT2D eigenvalue weighted by molar-refractivity contribution is -0.110. The van der Waals surface area contributed by atoms with E-state index in [0.717, 1.165) is 50.2 Å². The summed E-state index contributed by atoms with van der Waals surface area (Å²) in [5.74, 6) is 2.38. The Kier molecular flexibility index (Phi) is 4.88. The lowest BCUT2D eigenvalue weighted by Gasteiger charge is -2.34. The molecule has 128 valence electrons. The van der Waals surface area contributed by atoms with Crippen LogP contribution in [0.2, 0.25) is 0 Å². The van der Waals surface area contributed by atoms with Gasteiger partial charge in [0.15, 0.2) is 6.29 Å². The number of carbonyl (C=O) groups is 1.